The number of rotatable bonds is 8. The normalized spacial score (nSPS) is 15.3. The van der Waals surface area contributed by atoms with E-state index in [1.54, 1.807) is 6.08 Å². The first kappa shape index (κ1) is 26.1. The van der Waals surface area contributed by atoms with Crippen molar-refractivity contribution in [3.8, 4) is 11.5 Å². The van der Waals surface area contributed by atoms with Crippen LogP contribution in [0.15, 0.2) is 49.2 Å². The van der Waals surface area contributed by atoms with Crippen LogP contribution in [0.2, 0.25) is 0 Å². The number of piperidine rings is 1. The van der Waals surface area contributed by atoms with E-state index in [-0.39, 0.29) is 5.82 Å². The number of benzene rings is 1. The standard InChI is InChI=1S/C29H34FN7S/c1-6-7-24(21-12-19(13-23(30)14-21)16-33-38(3,4)5)26-18(2)34-29(35-26)27-25-15-22(17-32-28(25)37-36-27)20-8-10-31-11-9-20/h6-7,12-15,17,20,31,33H,1,3-4,8-11,16H2,2,5H3,(H,34,35)(H,32,36,37)/b24-7-. The maximum atomic E-state index is 14.7. The van der Waals surface area contributed by atoms with Crippen LogP contribution < -0.4 is 10.0 Å². The molecule has 0 amide bonds. The van der Waals surface area contributed by atoms with Crippen LogP contribution in [0.1, 0.15) is 46.8 Å². The second-order valence-electron chi connectivity index (χ2n) is 10.1. The zero-order valence-electron chi connectivity index (χ0n) is 21.9. The predicted molar refractivity (Wildman–Crippen MR) is 159 cm³/mol. The molecule has 1 aliphatic rings. The first-order valence-electron chi connectivity index (χ1n) is 12.7. The number of aryl methyl sites for hydroxylation is 1. The Balaban J connectivity index is 1.52. The molecule has 0 spiro atoms. The minimum atomic E-state index is -1.43. The van der Waals surface area contributed by atoms with E-state index in [2.05, 4.69) is 54.6 Å². The number of imidazole rings is 1. The molecule has 4 heterocycles. The van der Waals surface area contributed by atoms with Crippen molar-refractivity contribution in [2.75, 3.05) is 19.3 Å². The summed E-state index contributed by atoms with van der Waals surface area (Å²) < 4.78 is 18.0. The lowest BCUT2D eigenvalue weighted by molar-refractivity contribution is 0.460. The van der Waals surface area contributed by atoms with E-state index in [9.17, 15) is 4.39 Å². The summed E-state index contributed by atoms with van der Waals surface area (Å²) >= 11 is 0. The summed E-state index contributed by atoms with van der Waals surface area (Å²) in [7, 11) is -1.43. The first-order chi connectivity index (χ1) is 18.2. The first-order valence-corrected chi connectivity index (χ1v) is 15.0. The molecule has 4 N–H and O–H groups in total. The predicted octanol–water partition coefficient (Wildman–Crippen LogP) is 5.18. The van der Waals surface area contributed by atoms with Crippen molar-refractivity contribution >= 4 is 37.7 Å². The summed E-state index contributed by atoms with van der Waals surface area (Å²) in [5, 5.41) is 11.9. The van der Waals surface area contributed by atoms with Gasteiger partial charge in [0.1, 0.15) is 11.5 Å². The molecule has 0 saturated carbocycles. The molecule has 1 fully saturated rings. The Morgan fingerprint density at radius 1 is 1.21 bits per heavy atom. The molecule has 1 saturated heterocycles. The Hall–Kier alpha value is -3.53. The van der Waals surface area contributed by atoms with Gasteiger partial charge in [-0.15, -0.1) is 0 Å². The average Bonchev–Trinajstić information content (AvgIpc) is 3.48. The zero-order valence-corrected chi connectivity index (χ0v) is 22.7. The van der Waals surface area contributed by atoms with Crippen LogP contribution in [0.4, 0.5) is 4.39 Å². The molecule has 4 aromatic rings. The Labute approximate surface area is 223 Å². The lowest BCUT2D eigenvalue weighted by Crippen LogP contribution is -2.26. The van der Waals surface area contributed by atoms with Crippen molar-refractivity contribution in [1.82, 2.24) is 35.2 Å². The molecule has 7 nitrogen and oxygen atoms in total. The van der Waals surface area contributed by atoms with Crippen molar-refractivity contribution in [1.29, 1.82) is 0 Å². The Morgan fingerprint density at radius 3 is 2.74 bits per heavy atom. The van der Waals surface area contributed by atoms with Gasteiger partial charge in [-0.2, -0.15) is 14.5 Å². The molecule has 0 unspecified atom stereocenters. The molecule has 9 heteroatoms. The summed E-state index contributed by atoms with van der Waals surface area (Å²) in [6.45, 7) is 8.35. The lowest BCUT2D eigenvalue weighted by atomic mass is 9.91. The third-order valence-electron chi connectivity index (χ3n) is 6.80. The van der Waals surface area contributed by atoms with E-state index < -0.39 is 9.39 Å². The van der Waals surface area contributed by atoms with Crippen LogP contribution in [-0.4, -0.2) is 56.2 Å². The van der Waals surface area contributed by atoms with Crippen LogP contribution in [0.5, 0.6) is 0 Å². The van der Waals surface area contributed by atoms with E-state index in [0.29, 0.717) is 23.9 Å². The number of fused-ring (bicyclic) bond motifs is 1. The summed E-state index contributed by atoms with van der Waals surface area (Å²) in [6, 6.07) is 7.20. The van der Waals surface area contributed by atoms with Gasteiger partial charge < -0.3 is 10.3 Å². The number of hydrogen-bond acceptors (Lipinski definition) is 5. The van der Waals surface area contributed by atoms with Crippen molar-refractivity contribution in [2.24, 2.45) is 0 Å². The second kappa shape index (κ2) is 10.7. The zero-order chi connectivity index (χ0) is 26.9. The van der Waals surface area contributed by atoms with E-state index in [1.165, 1.54) is 17.7 Å². The fourth-order valence-corrected chi connectivity index (χ4v) is 5.43. The maximum absolute atomic E-state index is 14.7. The van der Waals surface area contributed by atoms with Gasteiger partial charge in [-0.25, -0.2) is 14.4 Å². The maximum Gasteiger partial charge on any atom is 0.181 e. The summed E-state index contributed by atoms with van der Waals surface area (Å²) in [5.74, 6) is 8.92. The molecule has 0 bridgehead atoms. The van der Waals surface area contributed by atoms with Crippen molar-refractivity contribution < 1.29 is 4.39 Å². The van der Waals surface area contributed by atoms with Gasteiger partial charge in [-0.3, -0.25) is 9.82 Å². The number of nitrogens with zero attached hydrogens (tertiary/aromatic N) is 3. The number of nitrogens with one attached hydrogen (secondary N) is 4. The van der Waals surface area contributed by atoms with E-state index in [0.717, 1.165) is 65.1 Å². The van der Waals surface area contributed by atoms with Crippen LogP contribution in [-0.2, 0) is 6.54 Å². The minimum Gasteiger partial charge on any atom is -0.340 e. The SMILES string of the molecule is C=C/C=C(/c1cc(F)cc(CNS(=C)(=C)C)c1)c1nc(-c2[nH]nc3ncc(C4CCNCC4)cc23)[nH]c1C. The van der Waals surface area contributed by atoms with Gasteiger partial charge in [0.15, 0.2) is 11.5 Å². The van der Waals surface area contributed by atoms with Crippen LogP contribution >= 0.6 is 9.39 Å². The van der Waals surface area contributed by atoms with Crippen LogP contribution in [0.25, 0.3) is 28.1 Å². The Morgan fingerprint density at radius 2 is 2.00 bits per heavy atom. The molecule has 0 radical (unpaired) electrons. The molecular weight excluding hydrogens is 497 g/mol. The Kier molecular flexibility index (Phi) is 7.34. The molecule has 0 atom stereocenters. The molecule has 3 aromatic heterocycles. The lowest BCUT2D eigenvalue weighted by Gasteiger charge is -2.22. The third-order valence-corrected chi connectivity index (χ3v) is 7.64. The molecule has 1 aromatic carbocycles. The van der Waals surface area contributed by atoms with E-state index >= 15 is 0 Å². The summed E-state index contributed by atoms with van der Waals surface area (Å²) in [4.78, 5) is 13.0. The minimum absolute atomic E-state index is 0.316. The van der Waals surface area contributed by atoms with Gasteiger partial charge in [-0.05, 0) is 86.0 Å². The van der Waals surface area contributed by atoms with Crippen molar-refractivity contribution in [3.63, 3.8) is 0 Å². The van der Waals surface area contributed by atoms with E-state index in [4.69, 9.17) is 4.98 Å². The fourth-order valence-electron chi connectivity index (χ4n) is 4.91. The number of H-pyrrole nitrogens is 2. The van der Waals surface area contributed by atoms with Gasteiger partial charge in [-0.1, -0.05) is 30.5 Å². The highest BCUT2D eigenvalue weighted by Gasteiger charge is 2.21. The average molecular weight is 532 g/mol. The van der Waals surface area contributed by atoms with Gasteiger partial charge >= 0.3 is 0 Å². The highest BCUT2D eigenvalue weighted by Crippen LogP contribution is 2.33. The molecular formula is C29H34FN7S. The molecule has 0 aliphatic carbocycles. The number of halogens is 1. The van der Waals surface area contributed by atoms with Gasteiger partial charge in [0, 0.05) is 24.0 Å². The third kappa shape index (κ3) is 5.65. The van der Waals surface area contributed by atoms with E-state index in [1.807, 2.05) is 31.5 Å². The highest BCUT2D eigenvalue weighted by molar-refractivity contribution is 8.25. The monoisotopic (exact) mass is 531 g/mol. The second-order valence-corrected chi connectivity index (χ2v) is 12.9. The van der Waals surface area contributed by atoms with Crippen LogP contribution in [0.3, 0.4) is 0 Å². The van der Waals surface area contributed by atoms with Gasteiger partial charge in [0.05, 0.1) is 11.1 Å². The molecule has 38 heavy (non-hydrogen) atoms. The van der Waals surface area contributed by atoms with Gasteiger partial charge in [0.25, 0.3) is 0 Å². The number of aromatic nitrogens is 5. The fraction of sp³-hybridized carbons (Fsp3) is 0.276. The molecule has 5 rings (SSSR count). The van der Waals surface area contributed by atoms with Crippen molar-refractivity contribution in [3.05, 3.63) is 83.1 Å². The van der Waals surface area contributed by atoms with Gasteiger partial charge in [0.2, 0.25) is 0 Å². The quantitative estimate of drug-likeness (QED) is 0.186. The number of aromatic amines is 2. The highest BCUT2D eigenvalue weighted by atomic mass is 32.2. The number of hydrogen-bond donors (Lipinski definition) is 4. The summed E-state index contributed by atoms with van der Waals surface area (Å²) in [6.07, 6.45) is 9.63. The molecule has 1 aliphatic heterocycles. The smallest absolute Gasteiger partial charge is 0.181 e. The topological polar surface area (TPSA) is 94.3 Å². The summed E-state index contributed by atoms with van der Waals surface area (Å²) in [5.41, 5.74) is 6.55. The Bertz CT molecular complexity index is 1620. The number of pyridine rings is 1. The van der Waals surface area contributed by atoms with Crippen LogP contribution in [0, 0.1) is 12.7 Å². The molecule has 198 valence electrons. The van der Waals surface area contributed by atoms with Crippen molar-refractivity contribution in [2.45, 2.75) is 32.2 Å². The largest absolute Gasteiger partial charge is 0.340 e. The number of allylic oxidation sites excluding steroid dienone is 2.